The van der Waals surface area contributed by atoms with Crippen LogP contribution in [0, 0.1) is 5.92 Å². The third-order valence-corrected chi connectivity index (χ3v) is 5.21. The number of hydrogen-bond acceptors (Lipinski definition) is 4. The number of rotatable bonds is 5. The summed E-state index contributed by atoms with van der Waals surface area (Å²) in [5.74, 6) is 1.39. The lowest BCUT2D eigenvalue weighted by Crippen LogP contribution is -2.27. The molecule has 1 fully saturated rings. The van der Waals surface area contributed by atoms with Crippen LogP contribution in [-0.4, -0.2) is 20.6 Å². The molecule has 1 amide bonds. The summed E-state index contributed by atoms with van der Waals surface area (Å²) < 4.78 is 28.5. The van der Waals surface area contributed by atoms with Crippen molar-refractivity contribution in [2.75, 3.05) is 11.6 Å². The van der Waals surface area contributed by atoms with Crippen molar-refractivity contribution < 1.29 is 17.9 Å². The van der Waals surface area contributed by atoms with Gasteiger partial charge in [-0.2, -0.15) is 0 Å². The Labute approximate surface area is 141 Å². The van der Waals surface area contributed by atoms with Crippen molar-refractivity contribution in [3.05, 3.63) is 48.5 Å². The molecule has 0 bridgehead atoms. The van der Waals surface area contributed by atoms with Crippen LogP contribution in [0.4, 0.5) is 5.69 Å². The van der Waals surface area contributed by atoms with Crippen molar-refractivity contribution >= 4 is 21.4 Å². The standard InChI is InChI=1S/C18H19NO4S/c1-24(21,22)17-11-9-16(10-12-17)23-15-7-5-14(6-8-15)19-18(20)13-3-2-4-13/h5-13H,2-4H2,1H3,(H,19,20). The molecule has 2 aromatic rings. The first-order valence-electron chi connectivity index (χ1n) is 7.81. The predicted molar refractivity (Wildman–Crippen MR) is 92.0 cm³/mol. The van der Waals surface area contributed by atoms with E-state index >= 15 is 0 Å². The third kappa shape index (κ3) is 3.94. The highest BCUT2D eigenvalue weighted by molar-refractivity contribution is 7.90. The number of carbonyl (C=O) groups is 1. The first-order chi connectivity index (χ1) is 11.4. The van der Waals surface area contributed by atoms with Gasteiger partial charge < -0.3 is 10.1 Å². The summed E-state index contributed by atoms with van der Waals surface area (Å²) in [5, 5.41) is 2.90. The van der Waals surface area contributed by atoms with Crippen molar-refractivity contribution in [1.82, 2.24) is 0 Å². The van der Waals surface area contributed by atoms with Crippen LogP contribution >= 0.6 is 0 Å². The van der Waals surface area contributed by atoms with E-state index < -0.39 is 9.84 Å². The highest BCUT2D eigenvalue weighted by atomic mass is 32.2. The van der Waals surface area contributed by atoms with Crippen molar-refractivity contribution in [3.8, 4) is 11.5 Å². The second kappa shape index (κ2) is 6.65. The second-order valence-electron chi connectivity index (χ2n) is 5.99. The number of carbonyl (C=O) groups excluding carboxylic acids is 1. The Kier molecular flexibility index (Phi) is 4.57. The molecular formula is C18H19NO4S. The fraction of sp³-hybridized carbons (Fsp3) is 0.278. The van der Waals surface area contributed by atoms with Gasteiger partial charge in [-0.3, -0.25) is 4.79 Å². The maximum Gasteiger partial charge on any atom is 0.227 e. The lowest BCUT2D eigenvalue weighted by molar-refractivity contribution is -0.122. The van der Waals surface area contributed by atoms with Gasteiger partial charge in [0.1, 0.15) is 11.5 Å². The summed E-state index contributed by atoms with van der Waals surface area (Å²) >= 11 is 0. The van der Waals surface area contributed by atoms with Gasteiger partial charge in [0.15, 0.2) is 9.84 Å². The van der Waals surface area contributed by atoms with Gasteiger partial charge in [0, 0.05) is 17.9 Å². The SMILES string of the molecule is CS(=O)(=O)c1ccc(Oc2ccc(NC(=O)C3CCC3)cc2)cc1. The molecule has 3 rings (SSSR count). The minimum Gasteiger partial charge on any atom is -0.457 e. The third-order valence-electron chi connectivity index (χ3n) is 4.09. The quantitative estimate of drug-likeness (QED) is 0.898. The van der Waals surface area contributed by atoms with Gasteiger partial charge in [0.25, 0.3) is 0 Å². The molecule has 1 aliphatic rings. The Morgan fingerprint density at radius 1 is 1.00 bits per heavy atom. The van der Waals surface area contributed by atoms with Gasteiger partial charge in [-0.1, -0.05) is 6.42 Å². The van der Waals surface area contributed by atoms with Crippen LogP contribution in [0.25, 0.3) is 0 Å². The number of sulfone groups is 1. The van der Waals surface area contributed by atoms with E-state index in [0.717, 1.165) is 24.9 Å². The first-order valence-corrected chi connectivity index (χ1v) is 9.70. The van der Waals surface area contributed by atoms with Gasteiger partial charge in [-0.05, 0) is 61.4 Å². The number of anilines is 1. The van der Waals surface area contributed by atoms with Gasteiger partial charge in [-0.25, -0.2) is 8.42 Å². The second-order valence-corrected chi connectivity index (χ2v) is 8.00. The molecule has 1 saturated carbocycles. The van der Waals surface area contributed by atoms with E-state index in [1.54, 1.807) is 36.4 Å². The number of ether oxygens (including phenoxy) is 1. The number of hydrogen-bond donors (Lipinski definition) is 1. The summed E-state index contributed by atoms with van der Waals surface area (Å²) in [7, 11) is -3.21. The molecule has 0 aromatic heterocycles. The van der Waals surface area contributed by atoms with Crippen molar-refractivity contribution in [2.45, 2.75) is 24.2 Å². The zero-order valence-corrected chi connectivity index (χ0v) is 14.2. The van der Waals surface area contributed by atoms with E-state index in [1.165, 1.54) is 18.4 Å². The Morgan fingerprint density at radius 3 is 2.00 bits per heavy atom. The monoisotopic (exact) mass is 345 g/mol. The first kappa shape index (κ1) is 16.5. The average molecular weight is 345 g/mol. The van der Waals surface area contributed by atoms with E-state index in [4.69, 9.17) is 4.74 Å². The molecular weight excluding hydrogens is 326 g/mol. The minimum atomic E-state index is -3.21. The van der Waals surface area contributed by atoms with Gasteiger partial charge in [0.05, 0.1) is 4.90 Å². The van der Waals surface area contributed by atoms with Crippen LogP contribution in [-0.2, 0) is 14.6 Å². The molecule has 0 saturated heterocycles. The van der Waals surface area contributed by atoms with Gasteiger partial charge in [-0.15, -0.1) is 0 Å². The molecule has 6 heteroatoms. The van der Waals surface area contributed by atoms with Crippen LogP contribution in [0.2, 0.25) is 0 Å². The Morgan fingerprint density at radius 2 is 1.54 bits per heavy atom. The van der Waals surface area contributed by atoms with Crippen molar-refractivity contribution in [3.63, 3.8) is 0 Å². The zero-order valence-electron chi connectivity index (χ0n) is 13.4. The lowest BCUT2D eigenvalue weighted by Gasteiger charge is -2.24. The summed E-state index contributed by atoms with van der Waals surface area (Å²) in [6.45, 7) is 0. The van der Waals surface area contributed by atoms with E-state index in [0.29, 0.717) is 11.5 Å². The van der Waals surface area contributed by atoms with E-state index in [1.807, 2.05) is 0 Å². The highest BCUT2D eigenvalue weighted by Gasteiger charge is 2.25. The molecule has 0 radical (unpaired) electrons. The smallest absolute Gasteiger partial charge is 0.227 e. The molecule has 0 unspecified atom stereocenters. The highest BCUT2D eigenvalue weighted by Crippen LogP contribution is 2.28. The molecule has 0 spiro atoms. The lowest BCUT2D eigenvalue weighted by atomic mass is 9.85. The maximum absolute atomic E-state index is 11.9. The molecule has 0 heterocycles. The van der Waals surface area contributed by atoms with E-state index in [-0.39, 0.29) is 16.7 Å². The Hall–Kier alpha value is -2.34. The van der Waals surface area contributed by atoms with Gasteiger partial charge in [0.2, 0.25) is 5.91 Å². The van der Waals surface area contributed by atoms with Crippen LogP contribution < -0.4 is 10.1 Å². The van der Waals surface area contributed by atoms with Gasteiger partial charge >= 0.3 is 0 Å². The summed E-state index contributed by atoms with van der Waals surface area (Å²) in [5.41, 5.74) is 0.742. The largest absolute Gasteiger partial charge is 0.457 e. The van der Waals surface area contributed by atoms with Crippen molar-refractivity contribution in [1.29, 1.82) is 0 Å². The van der Waals surface area contributed by atoms with Crippen LogP contribution in [0.1, 0.15) is 19.3 Å². The number of amides is 1. The molecule has 24 heavy (non-hydrogen) atoms. The fourth-order valence-electron chi connectivity index (χ4n) is 2.41. The van der Waals surface area contributed by atoms with Crippen LogP contribution in [0.15, 0.2) is 53.4 Å². The minimum absolute atomic E-state index is 0.0753. The molecule has 0 atom stereocenters. The molecule has 1 N–H and O–H groups in total. The molecule has 0 aliphatic heterocycles. The topological polar surface area (TPSA) is 72.5 Å². The summed E-state index contributed by atoms with van der Waals surface area (Å²) in [4.78, 5) is 12.1. The zero-order chi connectivity index (χ0) is 17.2. The molecule has 5 nitrogen and oxygen atoms in total. The summed E-state index contributed by atoms with van der Waals surface area (Å²) in [6.07, 6.45) is 4.23. The normalized spacial score (nSPS) is 14.7. The van der Waals surface area contributed by atoms with Crippen LogP contribution in [0.5, 0.6) is 11.5 Å². The van der Waals surface area contributed by atoms with E-state index in [2.05, 4.69) is 5.32 Å². The number of nitrogens with one attached hydrogen (secondary N) is 1. The van der Waals surface area contributed by atoms with Crippen LogP contribution in [0.3, 0.4) is 0 Å². The average Bonchev–Trinajstić information content (AvgIpc) is 2.47. The summed E-state index contributed by atoms with van der Waals surface area (Å²) in [6, 6.07) is 13.4. The fourth-order valence-corrected chi connectivity index (χ4v) is 3.04. The molecule has 126 valence electrons. The predicted octanol–water partition coefficient (Wildman–Crippen LogP) is 3.62. The maximum atomic E-state index is 11.9. The Bertz CT molecular complexity index is 822. The Balaban J connectivity index is 1.62. The molecule has 1 aliphatic carbocycles. The van der Waals surface area contributed by atoms with Crippen molar-refractivity contribution in [2.24, 2.45) is 5.92 Å². The number of benzene rings is 2. The van der Waals surface area contributed by atoms with E-state index in [9.17, 15) is 13.2 Å². The molecule has 2 aromatic carbocycles.